The molecule has 0 aliphatic carbocycles. The molecule has 0 radical (unpaired) electrons. The summed E-state index contributed by atoms with van der Waals surface area (Å²) in [6.07, 6.45) is 9.22. The Kier molecular flexibility index (Phi) is 30.3. The van der Waals surface area contributed by atoms with E-state index < -0.39 is 17.7 Å². The molecule has 0 heterocycles. The molecule has 0 saturated heterocycles. The van der Waals surface area contributed by atoms with E-state index >= 15 is 0 Å². The highest BCUT2D eigenvalue weighted by atomic mass is 16.5. The largest absolute Gasteiger partial charge is 0.358 e. The van der Waals surface area contributed by atoms with E-state index in [-0.39, 0.29) is 5.78 Å². The topological polar surface area (TPSA) is 95.5 Å². The maximum atomic E-state index is 11.2. The van der Waals surface area contributed by atoms with Crippen LogP contribution in [0.3, 0.4) is 0 Å². The van der Waals surface area contributed by atoms with Crippen molar-refractivity contribution in [1.82, 2.24) is 10.8 Å². The standard InChI is InChI=1S/C18H16O.C6H14.C5H10N2O3.C4H10.C2H6/c1-3-15-4-6-16(7-5-15)8-9-17-10-12-18(13-11-17)14(2)19;1-3-5-6-4-2;1-3(4(8)6-2)5(9)7-10;1-3-4-2;1-2/h4-7,10-13H,3H2,1-2H3;3-6H2,1-2H3;3,10H,1-2H3,(H,6,8)(H,7,9);3-4H2,1-2H3;1-2H3. The number of hydrogen-bond acceptors (Lipinski definition) is 4. The van der Waals surface area contributed by atoms with Crippen LogP contribution in [-0.2, 0) is 16.0 Å². The van der Waals surface area contributed by atoms with E-state index in [0.29, 0.717) is 0 Å². The van der Waals surface area contributed by atoms with E-state index in [9.17, 15) is 14.4 Å². The Morgan fingerprint density at radius 3 is 1.44 bits per heavy atom. The molecule has 2 aromatic rings. The second-order valence-corrected chi connectivity index (χ2v) is 8.95. The predicted octanol–water partition coefficient (Wildman–Crippen LogP) is 8.14. The quantitative estimate of drug-likeness (QED) is 0.0748. The number of rotatable bonds is 8. The van der Waals surface area contributed by atoms with Crippen LogP contribution in [0.1, 0.15) is 128 Å². The third-order valence-electron chi connectivity index (χ3n) is 5.61. The molecule has 0 aromatic heterocycles. The lowest BCUT2D eigenvalue weighted by molar-refractivity contribution is -0.139. The highest BCUT2D eigenvalue weighted by molar-refractivity contribution is 5.99. The maximum absolute atomic E-state index is 11.2. The van der Waals surface area contributed by atoms with Crippen LogP contribution in [0.25, 0.3) is 0 Å². The molecule has 0 aliphatic heterocycles. The predicted molar refractivity (Wildman–Crippen MR) is 173 cm³/mol. The first-order chi connectivity index (χ1) is 19.6. The number of hydrogen-bond donors (Lipinski definition) is 3. The number of carbonyl (C=O) groups is 3. The van der Waals surface area contributed by atoms with E-state index in [2.05, 4.69) is 63.9 Å². The van der Waals surface area contributed by atoms with Crippen molar-refractivity contribution in [2.24, 2.45) is 5.92 Å². The molecule has 2 aromatic carbocycles. The van der Waals surface area contributed by atoms with Gasteiger partial charge in [0.1, 0.15) is 5.92 Å². The third kappa shape index (κ3) is 23.0. The van der Waals surface area contributed by atoms with Gasteiger partial charge in [-0.15, -0.1) is 0 Å². The van der Waals surface area contributed by atoms with Crippen molar-refractivity contribution in [3.63, 3.8) is 0 Å². The third-order valence-corrected chi connectivity index (χ3v) is 5.61. The molecular weight excluding hydrogens is 512 g/mol. The summed E-state index contributed by atoms with van der Waals surface area (Å²) in [5.74, 6) is 4.32. The number of ketones is 1. The Bertz CT molecular complexity index is 966. The van der Waals surface area contributed by atoms with Crippen molar-refractivity contribution in [3.8, 4) is 11.8 Å². The summed E-state index contributed by atoms with van der Waals surface area (Å²) in [5.41, 5.74) is 5.34. The van der Waals surface area contributed by atoms with Gasteiger partial charge in [-0.25, -0.2) is 5.48 Å². The highest BCUT2D eigenvalue weighted by Gasteiger charge is 2.18. The molecule has 0 aliphatic rings. The molecule has 230 valence electrons. The first kappa shape index (κ1) is 42.0. The van der Waals surface area contributed by atoms with Crippen molar-refractivity contribution >= 4 is 17.6 Å². The molecule has 0 saturated carbocycles. The van der Waals surface area contributed by atoms with Gasteiger partial charge in [0.15, 0.2) is 5.78 Å². The number of hydroxylamine groups is 1. The molecule has 3 N–H and O–H groups in total. The minimum Gasteiger partial charge on any atom is -0.358 e. The average molecular weight is 569 g/mol. The van der Waals surface area contributed by atoms with Gasteiger partial charge in [0.25, 0.3) is 5.91 Å². The van der Waals surface area contributed by atoms with E-state index in [0.717, 1.165) is 23.1 Å². The number of amides is 2. The number of benzene rings is 2. The van der Waals surface area contributed by atoms with Gasteiger partial charge < -0.3 is 5.32 Å². The van der Waals surface area contributed by atoms with Crippen LogP contribution in [0, 0.1) is 17.8 Å². The summed E-state index contributed by atoms with van der Waals surface area (Å²) >= 11 is 0. The molecular formula is C35H56N2O4. The highest BCUT2D eigenvalue weighted by Crippen LogP contribution is 2.06. The van der Waals surface area contributed by atoms with Crippen LogP contribution >= 0.6 is 0 Å². The summed E-state index contributed by atoms with van der Waals surface area (Å²) in [6, 6.07) is 15.7. The Morgan fingerprint density at radius 1 is 0.732 bits per heavy atom. The zero-order valence-corrected chi connectivity index (χ0v) is 27.3. The molecule has 6 heteroatoms. The van der Waals surface area contributed by atoms with Crippen LogP contribution in [-0.4, -0.2) is 29.9 Å². The summed E-state index contributed by atoms with van der Waals surface area (Å²) in [7, 11) is 1.42. The number of nitrogens with one attached hydrogen (secondary N) is 2. The summed E-state index contributed by atoms with van der Waals surface area (Å²) in [6.45, 7) is 17.9. The zero-order chi connectivity index (χ0) is 32.1. The Morgan fingerprint density at radius 2 is 1.15 bits per heavy atom. The summed E-state index contributed by atoms with van der Waals surface area (Å²) < 4.78 is 0. The monoisotopic (exact) mass is 568 g/mol. The fourth-order valence-electron chi connectivity index (χ4n) is 2.69. The van der Waals surface area contributed by atoms with Crippen molar-refractivity contribution in [1.29, 1.82) is 0 Å². The van der Waals surface area contributed by atoms with Gasteiger partial charge in [-0.3, -0.25) is 19.6 Å². The van der Waals surface area contributed by atoms with Gasteiger partial charge in [-0.2, -0.15) is 0 Å². The lowest BCUT2D eigenvalue weighted by Gasteiger charge is -2.05. The first-order valence-corrected chi connectivity index (χ1v) is 15.0. The second-order valence-electron chi connectivity index (χ2n) is 8.95. The van der Waals surface area contributed by atoms with Crippen molar-refractivity contribution in [3.05, 3.63) is 70.8 Å². The maximum Gasteiger partial charge on any atom is 0.255 e. The Balaban J connectivity index is -0.000000551. The fourth-order valence-corrected chi connectivity index (χ4v) is 2.69. The number of unbranched alkanes of at least 4 members (excludes halogenated alkanes) is 4. The van der Waals surface area contributed by atoms with Crippen LogP contribution < -0.4 is 10.8 Å². The second kappa shape index (κ2) is 29.6. The van der Waals surface area contributed by atoms with Crippen molar-refractivity contribution < 1.29 is 19.6 Å². The van der Waals surface area contributed by atoms with Gasteiger partial charge in [0.05, 0.1) is 0 Å². The van der Waals surface area contributed by atoms with Gasteiger partial charge in [-0.1, -0.05) is 123 Å². The number of aryl methyl sites for hydroxylation is 1. The Hall–Kier alpha value is -3.43. The molecule has 2 rings (SSSR count). The van der Waals surface area contributed by atoms with Crippen molar-refractivity contribution in [2.75, 3.05) is 7.05 Å². The lowest BCUT2D eigenvalue weighted by Crippen LogP contribution is -2.36. The van der Waals surface area contributed by atoms with Crippen LogP contribution in [0.2, 0.25) is 0 Å². The lowest BCUT2D eigenvalue weighted by atomic mass is 10.1. The number of carbonyl (C=O) groups excluding carboxylic acids is 3. The minimum absolute atomic E-state index is 0.0784. The van der Waals surface area contributed by atoms with Crippen LogP contribution in [0.5, 0.6) is 0 Å². The SMILES string of the molecule is CC.CCCC.CCCCCC.CCc1ccc(C#Cc2ccc(C(C)=O)cc2)cc1.CNC(=O)C(C)C(=O)NO. The molecule has 0 spiro atoms. The summed E-state index contributed by atoms with van der Waals surface area (Å²) in [5, 5.41) is 10.3. The van der Waals surface area contributed by atoms with Gasteiger partial charge >= 0.3 is 0 Å². The molecule has 0 bridgehead atoms. The molecule has 2 amide bonds. The van der Waals surface area contributed by atoms with E-state index in [1.165, 1.54) is 63.5 Å². The van der Waals surface area contributed by atoms with Crippen LogP contribution in [0.15, 0.2) is 48.5 Å². The van der Waals surface area contributed by atoms with E-state index in [1.807, 2.05) is 50.2 Å². The molecule has 0 fully saturated rings. The number of Topliss-reactive ketones (excluding diaryl/α,β-unsaturated/α-hetero) is 1. The van der Waals surface area contributed by atoms with Gasteiger partial charge in [0.2, 0.25) is 5.91 Å². The fraction of sp³-hybridized carbons (Fsp3) is 0.514. The van der Waals surface area contributed by atoms with Crippen LogP contribution in [0.4, 0.5) is 0 Å². The minimum atomic E-state index is -0.852. The van der Waals surface area contributed by atoms with Crippen molar-refractivity contribution in [2.45, 2.75) is 107 Å². The normalized spacial score (nSPS) is 9.54. The first-order valence-electron chi connectivity index (χ1n) is 15.0. The Labute approximate surface area is 250 Å². The molecule has 1 atom stereocenters. The smallest absolute Gasteiger partial charge is 0.255 e. The summed E-state index contributed by atoms with van der Waals surface area (Å²) in [4.78, 5) is 32.3. The molecule has 1 unspecified atom stereocenters. The van der Waals surface area contributed by atoms with E-state index in [1.54, 1.807) is 6.92 Å². The van der Waals surface area contributed by atoms with E-state index in [4.69, 9.17) is 5.21 Å². The molecule has 41 heavy (non-hydrogen) atoms. The molecule has 6 nitrogen and oxygen atoms in total. The average Bonchev–Trinajstić information content (AvgIpc) is 3.03. The zero-order valence-electron chi connectivity index (χ0n) is 27.3. The van der Waals surface area contributed by atoms with Gasteiger partial charge in [-0.05, 0) is 50.1 Å². The van der Waals surface area contributed by atoms with Gasteiger partial charge in [0, 0.05) is 23.7 Å².